The number of amides is 1. The smallest absolute Gasteiger partial charge is 0.225 e. The summed E-state index contributed by atoms with van der Waals surface area (Å²) < 4.78 is 0. The van der Waals surface area contributed by atoms with E-state index in [1.54, 1.807) is 0 Å². The van der Waals surface area contributed by atoms with Crippen LogP contribution in [0, 0.1) is 0 Å². The van der Waals surface area contributed by atoms with Crippen LogP contribution in [-0.2, 0) is 11.3 Å². The highest BCUT2D eigenvalue weighted by Crippen LogP contribution is 2.35. The zero-order valence-corrected chi connectivity index (χ0v) is 13.4. The molecule has 1 aliphatic rings. The lowest BCUT2D eigenvalue weighted by Gasteiger charge is -2.41. The predicted molar refractivity (Wildman–Crippen MR) is 96.2 cm³/mol. The third-order valence-electron chi connectivity index (χ3n) is 4.66. The van der Waals surface area contributed by atoms with Crippen LogP contribution in [-0.4, -0.2) is 10.8 Å². The Balaban J connectivity index is 1.50. The second-order valence-corrected chi connectivity index (χ2v) is 6.22. The number of rotatable bonds is 4. The molecule has 0 N–H and O–H groups in total. The molecule has 1 aliphatic heterocycles. The summed E-state index contributed by atoms with van der Waals surface area (Å²) in [7, 11) is 0. The summed E-state index contributed by atoms with van der Waals surface area (Å²) in [6.07, 6.45) is 0.617. The van der Waals surface area contributed by atoms with Crippen LogP contribution in [0.5, 0.6) is 0 Å². The number of hydrogen-bond acceptors (Lipinski definition) is 1. The third kappa shape index (κ3) is 2.83. The fourth-order valence-corrected chi connectivity index (χ4v) is 3.26. The SMILES string of the molecule is O=C1C[C@@H](c2ccccc2)N1Cc1ccc(-c2ccccc2)cc1. The van der Waals surface area contributed by atoms with Crippen molar-refractivity contribution in [3.63, 3.8) is 0 Å². The lowest BCUT2D eigenvalue weighted by molar-refractivity contribution is -0.147. The van der Waals surface area contributed by atoms with Gasteiger partial charge >= 0.3 is 0 Å². The number of β-lactam (4-membered cyclic amide) rings is 1. The van der Waals surface area contributed by atoms with Gasteiger partial charge in [-0.25, -0.2) is 0 Å². The third-order valence-corrected chi connectivity index (χ3v) is 4.66. The predicted octanol–water partition coefficient (Wildman–Crippen LogP) is 4.83. The lowest BCUT2D eigenvalue weighted by Crippen LogP contribution is -2.45. The number of carbonyl (C=O) groups is 1. The van der Waals surface area contributed by atoms with Gasteiger partial charge in [0, 0.05) is 6.54 Å². The van der Waals surface area contributed by atoms with Gasteiger partial charge in [0.05, 0.1) is 12.5 Å². The topological polar surface area (TPSA) is 20.3 Å². The Labute approximate surface area is 142 Å². The van der Waals surface area contributed by atoms with Crippen molar-refractivity contribution in [1.29, 1.82) is 0 Å². The molecule has 1 saturated heterocycles. The largest absolute Gasteiger partial charge is 0.331 e. The van der Waals surface area contributed by atoms with Gasteiger partial charge in [0.15, 0.2) is 0 Å². The highest BCUT2D eigenvalue weighted by molar-refractivity contribution is 5.83. The van der Waals surface area contributed by atoms with E-state index in [9.17, 15) is 4.79 Å². The first-order valence-electron chi connectivity index (χ1n) is 8.30. The van der Waals surface area contributed by atoms with Gasteiger partial charge in [-0.1, -0.05) is 84.9 Å². The molecule has 118 valence electrons. The van der Waals surface area contributed by atoms with Crippen molar-refractivity contribution in [3.8, 4) is 11.1 Å². The first-order valence-corrected chi connectivity index (χ1v) is 8.30. The average molecular weight is 313 g/mol. The summed E-state index contributed by atoms with van der Waals surface area (Å²) in [5.41, 5.74) is 4.81. The van der Waals surface area contributed by atoms with Crippen LogP contribution in [0.1, 0.15) is 23.6 Å². The molecule has 1 atom stereocenters. The van der Waals surface area contributed by atoms with Gasteiger partial charge in [0.2, 0.25) is 5.91 Å². The van der Waals surface area contributed by atoms with Crippen LogP contribution in [0.15, 0.2) is 84.9 Å². The normalized spacial score (nSPS) is 16.8. The van der Waals surface area contributed by atoms with Gasteiger partial charge in [-0.05, 0) is 22.3 Å². The van der Waals surface area contributed by atoms with Gasteiger partial charge in [0.25, 0.3) is 0 Å². The molecule has 0 spiro atoms. The molecule has 2 nitrogen and oxygen atoms in total. The van der Waals surface area contributed by atoms with Crippen LogP contribution in [0.25, 0.3) is 11.1 Å². The number of carbonyl (C=O) groups excluding carboxylic acids is 1. The maximum Gasteiger partial charge on any atom is 0.225 e. The summed E-state index contributed by atoms with van der Waals surface area (Å²) in [6, 6.07) is 29.3. The van der Waals surface area contributed by atoms with E-state index < -0.39 is 0 Å². The van der Waals surface area contributed by atoms with Crippen LogP contribution in [0.3, 0.4) is 0 Å². The van der Waals surface area contributed by atoms with Crippen molar-refractivity contribution in [2.24, 2.45) is 0 Å². The maximum absolute atomic E-state index is 12.0. The molecule has 0 aromatic heterocycles. The monoisotopic (exact) mass is 313 g/mol. The first kappa shape index (κ1) is 14.7. The van der Waals surface area contributed by atoms with E-state index in [1.165, 1.54) is 22.3 Å². The van der Waals surface area contributed by atoms with Crippen molar-refractivity contribution in [1.82, 2.24) is 4.90 Å². The van der Waals surface area contributed by atoms with E-state index in [2.05, 4.69) is 48.5 Å². The first-order chi connectivity index (χ1) is 11.8. The fourth-order valence-electron chi connectivity index (χ4n) is 3.26. The van der Waals surface area contributed by atoms with Crippen LogP contribution < -0.4 is 0 Å². The lowest BCUT2D eigenvalue weighted by atomic mass is 9.93. The molecule has 0 aliphatic carbocycles. The van der Waals surface area contributed by atoms with Crippen molar-refractivity contribution < 1.29 is 4.79 Å². The molecule has 1 amide bonds. The zero-order valence-electron chi connectivity index (χ0n) is 13.4. The van der Waals surface area contributed by atoms with Crippen molar-refractivity contribution >= 4 is 5.91 Å². The molecule has 1 fully saturated rings. The summed E-state index contributed by atoms with van der Waals surface area (Å²) in [5, 5.41) is 0. The Morgan fingerprint density at radius 3 is 1.96 bits per heavy atom. The second-order valence-electron chi connectivity index (χ2n) is 6.22. The molecule has 3 aromatic carbocycles. The molecular formula is C22H19NO. The Kier molecular flexibility index (Phi) is 3.87. The van der Waals surface area contributed by atoms with Crippen molar-refractivity contribution in [2.45, 2.75) is 19.0 Å². The standard InChI is InChI=1S/C22H19NO/c24-22-15-21(20-9-5-2-6-10-20)23(22)16-17-11-13-19(14-12-17)18-7-3-1-4-8-18/h1-14,21H,15-16H2/t21-/m0/s1. The highest BCUT2D eigenvalue weighted by atomic mass is 16.2. The Hall–Kier alpha value is -2.87. The van der Waals surface area contributed by atoms with E-state index in [0.29, 0.717) is 13.0 Å². The van der Waals surface area contributed by atoms with Gasteiger partial charge in [-0.3, -0.25) is 4.79 Å². The molecule has 2 heteroatoms. The van der Waals surface area contributed by atoms with E-state index >= 15 is 0 Å². The van der Waals surface area contributed by atoms with Gasteiger partial charge in [-0.15, -0.1) is 0 Å². The average Bonchev–Trinajstić information content (AvgIpc) is 2.66. The molecule has 0 unspecified atom stereocenters. The summed E-state index contributed by atoms with van der Waals surface area (Å²) in [4.78, 5) is 14.0. The minimum atomic E-state index is 0.215. The maximum atomic E-state index is 12.0. The summed E-state index contributed by atoms with van der Waals surface area (Å²) >= 11 is 0. The molecular weight excluding hydrogens is 294 g/mol. The van der Waals surface area contributed by atoms with E-state index in [4.69, 9.17) is 0 Å². The van der Waals surface area contributed by atoms with Gasteiger partial charge in [0.1, 0.15) is 0 Å². The zero-order chi connectivity index (χ0) is 16.4. The quantitative estimate of drug-likeness (QED) is 0.632. The highest BCUT2D eigenvalue weighted by Gasteiger charge is 2.36. The molecule has 3 aromatic rings. The molecule has 1 heterocycles. The van der Waals surface area contributed by atoms with Crippen molar-refractivity contribution in [3.05, 3.63) is 96.1 Å². The summed E-state index contributed by atoms with van der Waals surface area (Å²) in [6.45, 7) is 0.674. The molecule has 4 rings (SSSR count). The molecule has 0 bridgehead atoms. The van der Waals surface area contributed by atoms with E-state index in [1.807, 2.05) is 41.3 Å². The number of benzene rings is 3. The van der Waals surface area contributed by atoms with Crippen LogP contribution in [0.2, 0.25) is 0 Å². The summed E-state index contributed by atoms with van der Waals surface area (Å²) in [5.74, 6) is 0.232. The second kappa shape index (κ2) is 6.32. The Bertz CT molecular complexity index is 825. The number of hydrogen-bond donors (Lipinski definition) is 0. The Morgan fingerprint density at radius 1 is 0.750 bits per heavy atom. The van der Waals surface area contributed by atoms with Crippen LogP contribution >= 0.6 is 0 Å². The van der Waals surface area contributed by atoms with Crippen LogP contribution in [0.4, 0.5) is 0 Å². The Morgan fingerprint density at radius 2 is 1.33 bits per heavy atom. The molecule has 24 heavy (non-hydrogen) atoms. The van der Waals surface area contributed by atoms with Crippen molar-refractivity contribution in [2.75, 3.05) is 0 Å². The molecule has 0 saturated carbocycles. The van der Waals surface area contributed by atoms with Gasteiger partial charge in [-0.2, -0.15) is 0 Å². The number of likely N-dealkylation sites (tertiary alicyclic amines) is 1. The van der Waals surface area contributed by atoms with E-state index in [0.717, 1.165) is 0 Å². The van der Waals surface area contributed by atoms with Gasteiger partial charge < -0.3 is 4.90 Å². The minimum Gasteiger partial charge on any atom is -0.331 e. The molecule has 0 radical (unpaired) electrons. The van der Waals surface area contributed by atoms with E-state index in [-0.39, 0.29) is 11.9 Å². The minimum absolute atomic E-state index is 0.215. The fraction of sp³-hybridized carbons (Fsp3) is 0.136. The number of nitrogens with zero attached hydrogens (tertiary/aromatic N) is 1.